The summed E-state index contributed by atoms with van der Waals surface area (Å²) >= 11 is 0. The third-order valence-corrected chi connectivity index (χ3v) is 6.00. The molecule has 2 atom stereocenters. The highest BCUT2D eigenvalue weighted by atomic mass is 16.5. The zero-order valence-electron chi connectivity index (χ0n) is 18.9. The molecule has 0 amide bonds. The molecule has 2 heterocycles. The number of ether oxygens (including phenoxy) is 1. The molecular formula is C22H45N5O. The van der Waals surface area contributed by atoms with Crippen LogP contribution in [0.2, 0.25) is 0 Å². The number of rotatable bonds is 10. The lowest BCUT2D eigenvalue weighted by Gasteiger charge is -2.36. The number of nitrogens with one attached hydrogen (secondary N) is 2. The molecule has 2 saturated heterocycles. The van der Waals surface area contributed by atoms with Crippen molar-refractivity contribution >= 4 is 5.96 Å². The van der Waals surface area contributed by atoms with Crippen LogP contribution in [-0.2, 0) is 4.74 Å². The van der Waals surface area contributed by atoms with Gasteiger partial charge in [0, 0.05) is 38.8 Å². The van der Waals surface area contributed by atoms with Crippen molar-refractivity contribution in [3.63, 3.8) is 0 Å². The first-order valence-corrected chi connectivity index (χ1v) is 11.7. The molecule has 0 saturated carbocycles. The average molecular weight is 396 g/mol. The Hall–Kier alpha value is -0.850. The number of likely N-dealkylation sites (tertiary alicyclic amines) is 1. The number of hydrogen-bond acceptors (Lipinski definition) is 4. The number of morpholine rings is 1. The van der Waals surface area contributed by atoms with Gasteiger partial charge in [0.05, 0.1) is 19.8 Å². The molecule has 2 aliphatic heterocycles. The first-order chi connectivity index (χ1) is 13.6. The number of aliphatic imine (C=N–C) groups is 1. The monoisotopic (exact) mass is 395 g/mol. The molecule has 164 valence electrons. The van der Waals surface area contributed by atoms with E-state index in [1.54, 1.807) is 0 Å². The topological polar surface area (TPSA) is 52.1 Å². The summed E-state index contributed by atoms with van der Waals surface area (Å²) in [5.74, 6) is 2.43. The molecule has 2 unspecified atom stereocenters. The van der Waals surface area contributed by atoms with Gasteiger partial charge in [-0.05, 0) is 57.5 Å². The number of hydrogen-bond donors (Lipinski definition) is 2. The van der Waals surface area contributed by atoms with Crippen LogP contribution in [0, 0.1) is 11.8 Å². The zero-order chi connectivity index (χ0) is 20.2. The van der Waals surface area contributed by atoms with Gasteiger partial charge in [0.15, 0.2) is 5.96 Å². The first-order valence-electron chi connectivity index (χ1n) is 11.7. The molecule has 0 spiro atoms. The van der Waals surface area contributed by atoms with Crippen molar-refractivity contribution in [2.24, 2.45) is 16.8 Å². The maximum atomic E-state index is 5.51. The number of nitrogens with zero attached hydrogens (tertiary/aromatic N) is 3. The Morgan fingerprint density at radius 3 is 2.61 bits per heavy atom. The van der Waals surface area contributed by atoms with E-state index in [0.29, 0.717) is 12.0 Å². The molecule has 2 N–H and O–H groups in total. The molecule has 2 fully saturated rings. The molecule has 0 aromatic rings. The third kappa shape index (κ3) is 8.66. The van der Waals surface area contributed by atoms with Gasteiger partial charge in [0.25, 0.3) is 0 Å². The molecule has 0 aromatic carbocycles. The Bertz CT molecular complexity index is 437. The molecule has 0 bridgehead atoms. The summed E-state index contributed by atoms with van der Waals surface area (Å²) < 4.78 is 5.51. The Balaban J connectivity index is 1.71. The van der Waals surface area contributed by atoms with Gasteiger partial charge in [-0.2, -0.15) is 0 Å². The Kier molecular flexibility index (Phi) is 11.2. The standard InChI is InChI=1S/C22H45N5O/c1-5-23-22(24-10-6-7-11-26-12-8-9-20(4)18-26)25-17-21(19(2)3)27-13-15-28-16-14-27/h19-21H,5-18H2,1-4H3,(H2,23,24,25). The Labute approximate surface area is 173 Å². The molecule has 6 heteroatoms. The minimum atomic E-state index is 0.487. The minimum Gasteiger partial charge on any atom is -0.379 e. The summed E-state index contributed by atoms with van der Waals surface area (Å²) in [6.45, 7) is 19.4. The number of guanidine groups is 1. The van der Waals surface area contributed by atoms with Crippen molar-refractivity contribution in [2.75, 3.05) is 65.6 Å². The first kappa shape index (κ1) is 23.4. The summed E-state index contributed by atoms with van der Waals surface area (Å²) in [4.78, 5) is 10.1. The summed E-state index contributed by atoms with van der Waals surface area (Å²) in [6.07, 6.45) is 5.24. The second-order valence-electron chi connectivity index (χ2n) is 8.86. The molecule has 6 nitrogen and oxygen atoms in total. The predicted molar refractivity (Wildman–Crippen MR) is 119 cm³/mol. The molecule has 0 aliphatic carbocycles. The van der Waals surface area contributed by atoms with Gasteiger partial charge in [-0.1, -0.05) is 20.8 Å². The highest BCUT2D eigenvalue weighted by molar-refractivity contribution is 5.79. The van der Waals surface area contributed by atoms with Crippen LogP contribution >= 0.6 is 0 Å². The number of piperidine rings is 1. The van der Waals surface area contributed by atoms with Gasteiger partial charge >= 0.3 is 0 Å². The van der Waals surface area contributed by atoms with Crippen LogP contribution in [0.15, 0.2) is 4.99 Å². The second-order valence-corrected chi connectivity index (χ2v) is 8.86. The maximum Gasteiger partial charge on any atom is 0.191 e. The summed E-state index contributed by atoms with van der Waals surface area (Å²) in [6, 6.07) is 0.487. The molecule has 0 aromatic heterocycles. The van der Waals surface area contributed by atoms with E-state index in [4.69, 9.17) is 9.73 Å². The van der Waals surface area contributed by atoms with Crippen LogP contribution in [0.4, 0.5) is 0 Å². The van der Waals surface area contributed by atoms with Gasteiger partial charge in [-0.25, -0.2) is 0 Å². The predicted octanol–water partition coefficient (Wildman–Crippen LogP) is 2.41. The van der Waals surface area contributed by atoms with Crippen molar-refractivity contribution in [1.29, 1.82) is 0 Å². The Morgan fingerprint density at radius 2 is 1.93 bits per heavy atom. The highest BCUT2D eigenvalue weighted by Gasteiger charge is 2.23. The van der Waals surface area contributed by atoms with E-state index in [0.717, 1.165) is 57.8 Å². The fraction of sp³-hybridized carbons (Fsp3) is 0.955. The summed E-state index contributed by atoms with van der Waals surface area (Å²) in [7, 11) is 0. The van der Waals surface area contributed by atoms with Crippen molar-refractivity contribution in [2.45, 2.75) is 59.4 Å². The molecule has 2 aliphatic rings. The maximum absolute atomic E-state index is 5.51. The smallest absolute Gasteiger partial charge is 0.191 e. The quantitative estimate of drug-likeness (QED) is 0.338. The van der Waals surface area contributed by atoms with Gasteiger partial charge in [0.1, 0.15) is 0 Å². The van der Waals surface area contributed by atoms with Gasteiger partial charge in [0.2, 0.25) is 0 Å². The normalized spacial score (nSPS) is 23.8. The SMILES string of the molecule is CCNC(=NCC(C(C)C)N1CCOCC1)NCCCCN1CCCC(C)C1. The van der Waals surface area contributed by atoms with Crippen LogP contribution in [0.3, 0.4) is 0 Å². The van der Waals surface area contributed by atoms with Gasteiger partial charge in [-0.15, -0.1) is 0 Å². The highest BCUT2D eigenvalue weighted by Crippen LogP contribution is 2.15. The van der Waals surface area contributed by atoms with E-state index in [2.05, 4.69) is 48.1 Å². The van der Waals surface area contributed by atoms with Crippen molar-refractivity contribution in [3.8, 4) is 0 Å². The molecule has 0 radical (unpaired) electrons. The van der Waals surface area contributed by atoms with E-state index in [1.165, 1.54) is 45.3 Å². The zero-order valence-corrected chi connectivity index (χ0v) is 18.9. The summed E-state index contributed by atoms with van der Waals surface area (Å²) in [5.41, 5.74) is 0. The fourth-order valence-corrected chi connectivity index (χ4v) is 4.34. The van der Waals surface area contributed by atoms with Gasteiger partial charge in [-0.3, -0.25) is 9.89 Å². The lowest BCUT2D eigenvalue weighted by atomic mass is 10.0. The number of unbranched alkanes of at least 4 members (excludes halogenated alkanes) is 1. The van der Waals surface area contributed by atoms with Crippen molar-refractivity contribution < 1.29 is 4.74 Å². The minimum absolute atomic E-state index is 0.487. The second kappa shape index (κ2) is 13.4. The van der Waals surface area contributed by atoms with E-state index in [9.17, 15) is 0 Å². The molecule has 2 rings (SSSR count). The van der Waals surface area contributed by atoms with Crippen molar-refractivity contribution in [3.05, 3.63) is 0 Å². The lowest BCUT2D eigenvalue weighted by molar-refractivity contribution is 0.00867. The third-order valence-electron chi connectivity index (χ3n) is 6.00. The van der Waals surface area contributed by atoms with Crippen LogP contribution < -0.4 is 10.6 Å². The Morgan fingerprint density at radius 1 is 1.14 bits per heavy atom. The lowest BCUT2D eigenvalue weighted by Crippen LogP contribution is -2.48. The van der Waals surface area contributed by atoms with Crippen LogP contribution in [0.25, 0.3) is 0 Å². The van der Waals surface area contributed by atoms with E-state index in [1.807, 2.05) is 0 Å². The van der Waals surface area contributed by atoms with Crippen LogP contribution in [0.1, 0.15) is 53.4 Å². The van der Waals surface area contributed by atoms with E-state index >= 15 is 0 Å². The average Bonchev–Trinajstić information content (AvgIpc) is 2.68. The molecule has 28 heavy (non-hydrogen) atoms. The fourth-order valence-electron chi connectivity index (χ4n) is 4.34. The van der Waals surface area contributed by atoms with Gasteiger partial charge < -0.3 is 20.3 Å². The van der Waals surface area contributed by atoms with E-state index in [-0.39, 0.29) is 0 Å². The van der Waals surface area contributed by atoms with E-state index < -0.39 is 0 Å². The largest absolute Gasteiger partial charge is 0.379 e. The summed E-state index contributed by atoms with van der Waals surface area (Å²) in [5, 5.41) is 6.95. The van der Waals surface area contributed by atoms with Crippen LogP contribution in [-0.4, -0.2) is 87.4 Å². The molecular weight excluding hydrogens is 350 g/mol. The van der Waals surface area contributed by atoms with Crippen molar-refractivity contribution in [1.82, 2.24) is 20.4 Å². The van der Waals surface area contributed by atoms with Crippen LogP contribution in [0.5, 0.6) is 0 Å².